The van der Waals surface area contributed by atoms with Gasteiger partial charge in [-0.3, -0.25) is 9.59 Å². The summed E-state index contributed by atoms with van der Waals surface area (Å²) in [7, 11) is 0. The number of hydrogen-bond acceptors (Lipinski definition) is 2. The molecule has 0 aliphatic heterocycles. The number of carbonyl (C=O) groups excluding carboxylic acids is 1. The minimum Gasteiger partial charge on any atom is -0.481 e. The number of carboxylic acid groups (broad SMARTS) is 1. The highest BCUT2D eigenvalue weighted by Crippen LogP contribution is 2.08. The summed E-state index contributed by atoms with van der Waals surface area (Å²) in [4.78, 5) is 21.3. The van der Waals surface area contributed by atoms with Gasteiger partial charge in [-0.2, -0.15) is 0 Å². The zero-order valence-electron chi connectivity index (χ0n) is 8.33. The van der Waals surface area contributed by atoms with Crippen molar-refractivity contribution in [1.82, 2.24) is 0 Å². The maximum Gasteiger partial charge on any atom is 0.307 e. The van der Waals surface area contributed by atoms with Crippen LogP contribution in [0.4, 0.5) is 0 Å². The molecule has 3 heteroatoms. The van der Waals surface area contributed by atoms with Gasteiger partial charge in [-0.1, -0.05) is 19.9 Å². The molecule has 3 nitrogen and oxygen atoms in total. The molecule has 0 heterocycles. The first-order valence-corrected chi connectivity index (χ1v) is 4.35. The second-order valence-electron chi connectivity index (χ2n) is 3.49. The second-order valence-corrected chi connectivity index (χ2v) is 3.49. The Bertz CT molecular complexity index is 226. The summed E-state index contributed by atoms with van der Waals surface area (Å²) in [5.41, 5.74) is 0.404. The van der Waals surface area contributed by atoms with Crippen molar-refractivity contribution >= 4 is 11.8 Å². The van der Waals surface area contributed by atoms with Crippen LogP contribution < -0.4 is 0 Å². The topological polar surface area (TPSA) is 54.4 Å². The largest absolute Gasteiger partial charge is 0.481 e. The summed E-state index contributed by atoms with van der Waals surface area (Å²) in [5.74, 6) is -0.656. The van der Waals surface area contributed by atoms with Gasteiger partial charge < -0.3 is 5.11 Å². The van der Waals surface area contributed by atoms with E-state index in [2.05, 4.69) is 0 Å². The molecule has 0 radical (unpaired) electrons. The Kier molecular flexibility index (Phi) is 5.04. The van der Waals surface area contributed by atoms with Crippen LogP contribution in [-0.4, -0.2) is 16.9 Å². The normalized spacial score (nSPS) is 11.8. The van der Waals surface area contributed by atoms with E-state index in [0.29, 0.717) is 11.5 Å². The van der Waals surface area contributed by atoms with Gasteiger partial charge in [0.2, 0.25) is 0 Å². The smallest absolute Gasteiger partial charge is 0.307 e. The molecule has 0 aromatic rings. The molecular formula is C10H16O3. The van der Waals surface area contributed by atoms with E-state index in [0.717, 1.165) is 6.42 Å². The predicted molar refractivity (Wildman–Crippen MR) is 50.5 cm³/mol. The lowest BCUT2D eigenvalue weighted by molar-refractivity contribution is -0.136. The van der Waals surface area contributed by atoms with Crippen molar-refractivity contribution in [2.45, 2.75) is 33.6 Å². The quantitative estimate of drug-likeness (QED) is 0.665. The molecule has 0 aromatic heterocycles. The van der Waals surface area contributed by atoms with E-state index < -0.39 is 5.97 Å². The number of hydrogen-bond donors (Lipinski definition) is 1. The van der Waals surface area contributed by atoms with Gasteiger partial charge in [-0.15, -0.1) is 0 Å². The molecule has 74 valence electrons. The molecule has 0 bridgehead atoms. The Hall–Kier alpha value is -1.12. The zero-order valence-corrected chi connectivity index (χ0v) is 8.33. The van der Waals surface area contributed by atoms with Crippen molar-refractivity contribution in [2.24, 2.45) is 5.92 Å². The number of Topliss-reactive ketones (excluding diaryl/α,β-unsaturated/α-hetero) is 1. The fourth-order valence-electron chi connectivity index (χ4n) is 0.881. The predicted octanol–water partition coefficient (Wildman–Crippen LogP) is 2.02. The van der Waals surface area contributed by atoms with Crippen molar-refractivity contribution in [3.8, 4) is 0 Å². The highest BCUT2D eigenvalue weighted by atomic mass is 16.4. The maximum absolute atomic E-state index is 11.0. The summed E-state index contributed by atoms with van der Waals surface area (Å²) in [5, 5.41) is 8.50. The number of carboxylic acids is 1. The number of ketones is 1. The van der Waals surface area contributed by atoms with Gasteiger partial charge in [-0.05, 0) is 19.3 Å². The van der Waals surface area contributed by atoms with Crippen molar-refractivity contribution in [3.63, 3.8) is 0 Å². The van der Waals surface area contributed by atoms with Gasteiger partial charge >= 0.3 is 5.97 Å². The third-order valence-corrected chi connectivity index (χ3v) is 1.63. The van der Waals surface area contributed by atoms with Gasteiger partial charge in [0.05, 0.1) is 6.42 Å². The van der Waals surface area contributed by atoms with Crippen molar-refractivity contribution in [2.75, 3.05) is 0 Å². The van der Waals surface area contributed by atoms with E-state index in [9.17, 15) is 9.59 Å². The average molecular weight is 184 g/mol. The molecule has 0 aliphatic rings. The molecule has 0 aromatic carbocycles. The minimum atomic E-state index is -0.954. The van der Waals surface area contributed by atoms with Crippen molar-refractivity contribution in [3.05, 3.63) is 11.6 Å². The van der Waals surface area contributed by atoms with Gasteiger partial charge in [0.1, 0.15) is 0 Å². The molecule has 0 saturated heterocycles. The van der Waals surface area contributed by atoms with E-state index in [1.165, 1.54) is 6.92 Å². The third kappa shape index (κ3) is 6.08. The molecule has 0 atom stereocenters. The second kappa shape index (κ2) is 5.51. The molecule has 0 aliphatic carbocycles. The van der Waals surface area contributed by atoms with Crippen LogP contribution >= 0.6 is 0 Å². The molecular weight excluding hydrogens is 168 g/mol. The lowest BCUT2D eigenvalue weighted by Gasteiger charge is -2.02. The number of rotatable bonds is 5. The van der Waals surface area contributed by atoms with Crippen LogP contribution in [-0.2, 0) is 9.59 Å². The highest BCUT2D eigenvalue weighted by molar-refractivity contribution is 5.97. The first kappa shape index (κ1) is 11.9. The molecule has 0 saturated carbocycles. The van der Waals surface area contributed by atoms with Gasteiger partial charge in [0.25, 0.3) is 0 Å². The van der Waals surface area contributed by atoms with Crippen LogP contribution in [0, 0.1) is 5.92 Å². The standard InChI is InChI=1S/C10H16O3/c1-7(2)4-5-9(8(3)11)6-10(12)13/h5,7H,4,6H2,1-3H3,(H,12,13)/b9-5+. The molecule has 13 heavy (non-hydrogen) atoms. The summed E-state index contributed by atoms with van der Waals surface area (Å²) < 4.78 is 0. The average Bonchev–Trinajstić information content (AvgIpc) is 1.96. The fourth-order valence-corrected chi connectivity index (χ4v) is 0.881. The highest BCUT2D eigenvalue weighted by Gasteiger charge is 2.08. The van der Waals surface area contributed by atoms with Gasteiger partial charge in [0.15, 0.2) is 5.78 Å². The summed E-state index contributed by atoms with van der Waals surface area (Å²) in [6, 6.07) is 0. The SMILES string of the molecule is CC(=O)/C(=C/CC(C)C)CC(=O)O. The Balaban J connectivity index is 4.32. The Morgan fingerprint density at radius 3 is 2.23 bits per heavy atom. The molecule has 0 amide bonds. The first-order valence-electron chi connectivity index (χ1n) is 4.35. The minimum absolute atomic E-state index is 0.150. The number of allylic oxidation sites excluding steroid dienone is 1. The monoisotopic (exact) mass is 184 g/mol. The number of aliphatic carboxylic acids is 1. The number of carbonyl (C=O) groups is 2. The Labute approximate surface area is 78.5 Å². The van der Waals surface area contributed by atoms with E-state index in [1.54, 1.807) is 6.08 Å². The maximum atomic E-state index is 11.0. The molecule has 0 unspecified atom stereocenters. The summed E-state index contributed by atoms with van der Waals surface area (Å²) >= 11 is 0. The van der Waals surface area contributed by atoms with Crippen LogP contribution in [0.25, 0.3) is 0 Å². The van der Waals surface area contributed by atoms with E-state index in [4.69, 9.17) is 5.11 Å². The van der Waals surface area contributed by atoms with E-state index in [1.807, 2.05) is 13.8 Å². The zero-order chi connectivity index (χ0) is 10.4. The van der Waals surface area contributed by atoms with Gasteiger partial charge in [0, 0.05) is 5.57 Å². The molecule has 0 fully saturated rings. The molecule has 0 rings (SSSR count). The van der Waals surface area contributed by atoms with Crippen molar-refractivity contribution < 1.29 is 14.7 Å². The fraction of sp³-hybridized carbons (Fsp3) is 0.600. The lowest BCUT2D eigenvalue weighted by atomic mass is 10.0. The van der Waals surface area contributed by atoms with E-state index >= 15 is 0 Å². The summed E-state index contributed by atoms with van der Waals surface area (Å²) in [6.07, 6.45) is 2.31. The van der Waals surface area contributed by atoms with Crippen LogP contribution in [0.1, 0.15) is 33.6 Å². The van der Waals surface area contributed by atoms with Crippen LogP contribution in [0.3, 0.4) is 0 Å². The third-order valence-electron chi connectivity index (χ3n) is 1.63. The summed E-state index contributed by atoms with van der Waals surface area (Å²) in [6.45, 7) is 5.44. The van der Waals surface area contributed by atoms with Crippen molar-refractivity contribution in [1.29, 1.82) is 0 Å². The Morgan fingerprint density at radius 1 is 1.38 bits per heavy atom. The molecule has 1 N–H and O–H groups in total. The Morgan fingerprint density at radius 2 is 1.92 bits per heavy atom. The first-order chi connectivity index (χ1) is 5.93. The van der Waals surface area contributed by atoms with E-state index in [-0.39, 0.29) is 12.2 Å². The van der Waals surface area contributed by atoms with Gasteiger partial charge in [-0.25, -0.2) is 0 Å². The lowest BCUT2D eigenvalue weighted by Crippen LogP contribution is -2.04. The molecule has 0 spiro atoms. The van der Waals surface area contributed by atoms with Crippen LogP contribution in [0.2, 0.25) is 0 Å². The van der Waals surface area contributed by atoms with Crippen LogP contribution in [0.15, 0.2) is 11.6 Å². The van der Waals surface area contributed by atoms with Crippen LogP contribution in [0.5, 0.6) is 0 Å².